The molecular formula is C48H42N2. The molecule has 0 N–H and O–H groups in total. The molecule has 0 spiro atoms. The molecule has 0 saturated carbocycles. The van der Waals surface area contributed by atoms with Crippen LogP contribution in [0.1, 0.15) is 54.2 Å². The van der Waals surface area contributed by atoms with Crippen LogP contribution in [-0.4, -0.2) is 17.9 Å². The molecule has 50 heavy (non-hydrogen) atoms. The van der Waals surface area contributed by atoms with E-state index in [1.807, 2.05) is 0 Å². The van der Waals surface area contributed by atoms with Crippen molar-refractivity contribution in [2.45, 2.75) is 56.5 Å². The van der Waals surface area contributed by atoms with Crippen molar-refractivity contribution < 1.29 is 0 Å². The fourth-order valence-electron chi connectivity index (χ4n) is 9.70. The Morgan fingerprint density at radius 1 is 0.740 bits per heavy atom. The third kappa shape index (κ3) is 4.88. The van der Waals surface area contributed by atoms with E-state index in [4.69, 9.17) is 4.99 Å². The lowest BCUT2D eigenvalue weighted by Crippen LogP contribution is -2.42. The molecule has 2 nitrogen and oxygen atoms in total. The number of nitrogens with zero attached hydrogens (tertiary/aromatic N) is 2. The zero-order chi connectivity index (χ0) is 33.2. The van der Waals surface area contributed by atoms with Gasteiger partial charge in [0.1, 0.15) is 5.84 Å². The van der Waals surface area contributed by atoms with Crippen LogP contribution in [0, 0.1) is 18.8 Å². The number of anilines is 1. The van der Waals surface area contributed by atoms with Crippen molar-refractivity contribution in [2.24, 2.45) is 16.8 Å². The van der Waals surface area contributed by atoms with Crippen molar-refractivity contribution in [3.8, 4) is 0 Å². The largest absolute Gasteiger partial charge is 0.317 e. The molecule has 4 aromatic rings. The molecule has 5 aliphatic carbocycles. The van der Waals surface area contributed by atoms with Gasteiger partial charge in [-0.2, -0.15) is 0 Å². The van der Waals surface area contributed by atoms with Crippen molar-refractivity contribution in [2.75, 3.05) is 4.90 Å². The number of fused-ring (bicyclic) bond motifs is 5. The number of hydrogen-bond acceptors (Lipinski definition) is 2. The van der Waals surface area contributed by atoms with Gasteiger partial charge in [0.2, 0.25) is 0 Å². The topological polar surface area (TPSA) is 15.6 Å². The number of aliphatic imine (C=N–C) groups is 1. The van der Waals surface area contributed by atoms with E-state index in [2.05, 4.69) is 164 Å². The summed E-state index contributed by atoms with van der Waals surface area (Å²) < 4.78 is 0. The minimum atomic E-state index is 0.125. The standard InChI is InChI=1S/C48H42N2/c1-31-19-20-33-28-34(22-21-32(33)27-31)35-23-24-37-30-38(26-25-36(37)29-35)46-40-13-5-7-15-42(40)47(43-16-8-6-14-41(43)46)48-49-44-17-9-10-18-45(44)50(48)39-11-3-2-4-12-39/h2-5,7-12,15-22,24-30,35,40-41,44-46H,6,13-14,23H2,1H3. The Balaban J connectivity index is 1.05. The summed E-state index contributed by atoms with van der Waals surface area (Å²) in [6.07, 6.45) is 30.3. The Bertz CT molecular complexity index is 2380. The average Bonchev–Trinajstić information content (AvgIpc) is 3.55. The predicted molar refractivity (Wildman–Crippen MR) is 210 cm³/mol. The lowest BCUT2D eigenvalue weighted by Gasteiger charge is -2.45. The van der Waals surface area contributed by atoms with Crippen LogP contribution in [0.2, 0.25) is 0 Å². The van der Waals surface area contributed by atoms with Gasteiger partial charge in [-0.15, -0.1) is 0 Å². The highest BCUT2D eigenvalue weighted by Gasteiger charge is 2.46. The van der Waals surface area contributed by atoms with Gasteiger partial charge in [-0.25, -0.2) is 0 Å². The van der Waals surface area contributed by atoms with Crippen LogP contribution in [0.4, 0.5) is 5.69 Å². The van der Waals surface area contributed by atoms with Crippen LogP contribution in [0.25, 0.3) is 22.9 Å². The molecule has 0 bridgehead atoms. The fraction of sp³-hybridized carbons (Fsp3) is 0.229. The third-order valence-corrected chi connectivity index (χ3v) is 12.0. The molecule has 0 amide bonds. The van der Waals surface area contributed by atoms with E-state index in [1.165, 1.54) is 66.7 Å². The van der Waals surface area contributed by atoms with E-state index in [1.54, 1.807) is 0 Å². The number of aryl methyl sites for hydroxylation is 1. The Morgan fingerprint density at radius 3 is 2.54 bits per heavy atom. The molecule has 0 radical (unpaired) electrons. The van der Waals surface area contributed by atoms with E-state index in [-0.39, 0.29) is 12.1 Å². The second kappa shape index (κ2) is 12.0. The van der Waals surface area contributed by atoms with Gasteiger partial charge in [0.25, 0.3) is 0 Å². The minimum Gasteiger partial charge on any atom is -0.317 e. The maximum Gasteiger partial charge on any atom is 0.137 e. The molecule has 2 heteroatoms. The number of para-hydroxylation sites is 1. The summed E-state index contributed by atoms with van der Waals surface area (Å²) in [4.78, 5) is 8.03. The van der Waals surface area contributed by atoms with Gasteiger partial charge in [0.05, 0.1) is 12.1 Å². The molecule has 244 valence electrons. The van der Waals surface area contributed by atoms with E-state index >= 15 is 0 Å². The monoisotopic (exact) mass is 646 g/mol. The summed E-state index contributed by atoms with van der Waals surface area (Å²) in [6, 6.07) is 32.5. The first-order chi connectivity index (χ1) is 24.7. The van der Waals surface area contributed by atoms with Crippen LogP contribution < -0.4 is 15.3 Å². The van der Waals surface area contributed by atoms with Crippen molar-refractivity contribution in [3.63, 3.8) is 0 Å². The van der Waals surface area contributed by atoms with Crippen LogP contribution in [0.15, 0.2) is 161 Å². The van der Waals surface area contributed by atoms with Gasteiger partial charge >= 0.3 is 0 Å². The second-order valence-corrected chi connectivity index (χ2v) is 15.0. The van der Waals surface area contributed by atoms with Crippen molar-refractivity contribution in [3.05, 3.63) is 183 Å². The Morgan fingerprint density at radius 2 is 1.60 bits per heavy atom. The molecule has 1 heterocycles. The fourth-order valence-corrected chi connectivity index (χ4v) is 9.70. The summed E-state index contributed by atoms with van der Waals surface area (Å²) in [6.45, 7) is 2.17. The number of amidine groups is 1. The van der Waals surface area contributed by atoms with Crippen LogP contribution in [0.5, 0.6) is 0 Å². The van der Waals surface area contributed by atoms with Gasteiger partial charge in [0.15, 0.2) is 0 Å². The second-order valence-electron chi connectivity index (χ2n) is 15.0. The molecule has 6 aliphatic rings. The summed E-state index contributed by atoms with van der Waals surface area (Å²) >= 11 is 0. The smallest absolute Gasteiger partial charge is 0.137 e. The number of allylic oxidation sites excluding steroid dienone is 8. The highest BCUT2D eigenvalue weighted by Crippen LogP contribution is 2.54. The Labute approximate surface area is 295 Å². The molecule has 0 saturated heterocycles. The number of benzene rings is 4. The lowest BCUT2D eigenvalue weighted by molar-refractivity contribution is 0.346. The summed E-state index contributed by atoms with van der Waals surface area (Å²) in [5.41, 5.74) is 9.74. The summed E-state index contributed by atoms with van der Waals surface area (Å²) in [7, 11) is 0. The highest BCUT2D eigenvalue weighted by atomic mass is 15.3. The normalized spacial score (nSPS) is 27.5. The van der Waals surface area contributed by atoms with E-state index < -0.39 is 0 Å². The first-order valence-corrected chi connectivity index (χ1v) is 18.6. The molecule has 10 rings (SSSR count). The molecule has 6 atom stereocenters. The Hall–Kier alpha value is -5.21. The van der Waals surface area contributed by atoms with Crippen LogP contribution >= 0.6 is 0 Å². The predicted octanol–water partition coefficient (Wildman–Crippen LogP) is 9.54. The molecular weight excluding hydrogens is 605 g/mol. The molecule has 6 unspecified atom stereocenters. The van der Waals surface area contributed by atoms with Crippen molar-refractivity contribution >= 4 is 34.4 Å². The lowest BCUT2D eigenvalue weighted by atomic mass is 9.60. The quantitative estimate of drug-likeness (QED) is 0.216. The molecule has 1 aliphatic heterocycles. The first kappa shape index (κ1) is 29.7. The molecule has 0 fully saturated rings. The summed E-state index contributed by atoms with van der Waals surface area (Å²) in [5, 5.41) is 5.42. The van der Waals surface area contributed by atoms with Crippen LogP contribution in [-0.2, 0) is 0 Å². The Kier molecular flexibility index (Phi) is 7.12. The number of rotatable bonds is 4. The summed E-state index contributed by atoms with van der Waals surface area (Å²) in [5.74, 6) is 2.85. The third-order valence-electron chi connectivity index (χ3n) is 12.0. The van der Waals surface area contributed by atoms with Gasteiger partial charge in [-0.1, -0.05) is 145 Å². The van der Waals surface area contributed by atoms with Gasteiger partial charge < -0.3 is 4.90 Å². The van der Waals surface area contributed by atoms with E-state index in [9.17, 15) is 0 Å². The zero-order valence-electron chi connectivity index (χ0n) is 28.6. The SMILES string of the molecule is Cc1ccc2cc(C3C=c4ccc(C5C6CC=CC=C6C(C6=NC7C=CC=CC7N6c6ccccc6)=C6C=CCCC65)cc4=CC3)ccc2c1. The molecule has 4 aromatic carbocycles. The molecule has 0 aromatic heterocycles. The van der Waals surface area contributed by atoms with Gasteiger partial charge in [-0.05, 0) is 106 Å². The van der Waals surface area contributed by atoms with E-state index in [0.29, 0.717) is 23.7 Å². The van der Waals surface area contributed by atoms with Crippen molar-refractivity contribution in [1.82, 2.24) is 0 Å². The average molecular weight is 647 g/mol. The van der Waals surface area contributed by atoms with Crippen LogP contribution in [0.3, 0.4) is 0 Å². The van der Waals surface area contributed by atoms with Crippen molar-refractivity contribution in [1.29, 1.82) is 0 Å². The number of hydrogen-bond donors (Lipinski definition) is 0. The van der Waals surface area contributed by atoms with Gasteiger partial charge in [-0.3, -0.25) is 4.99 Å². The first-order valence-electron chi connectivity index (χ1n) is 18.6. The van der Waals surface area contributed by atoms with E-state index in [0.717, 1.165) is 25.1 Å². The zero-order valence-corrected chi connectivity index (χ0v) is 28.6. The van der Waals surface area contributed by atoms with Gasteiger partial charge in [0, 0.05) is 17.2 Å². The minimum absolute atomic E-state index is 0.125. The maximum atomic E-state index is 5.52. The highest BCUT2D eigenvalue weighted by molar-refractivity contribution is 6.16. The maximum absolute atomic E-state index is 5.52.